The summed E-state index contributed by atoms with van der Waals surface area (Å²) < 4.78 is 27.0. The lowest BCUT2D eigenvalue weighted by Crippen LogP contribution is -2.52. The van der Waals surface area contributed by atoms with Gasteiger partial charge >= 0.3 is 0 Å². The van der Waals surface area contributed by atoms with Gasteiger partial charge in [-0.1, -0.05) is 12.8 Å². The van der Waals surface area contributed by atoms with Crippen LogP contribution in [0.3, 0.4) is 0 Å². The van der Waals surface area contributed by atoms with Gasteiger partial charge in [-0.05, 0) is 12.8 Å². The van der Waals surface area contributed by atoms with Crippen LogP contribution in [0.25, 0.3) is 0 Å². The molecule has 1 heterocycles. The minimum absolute atomic E-state index is 0.0300. The summed E-state index contributed by atoms with van der Waals surface area (Å²) in [4.78, 5) is 11.7. The van der Waals surface area contributed by atoms with Gasteiger partial charge in [0.05, 0.1) is 0 Å². The maximum Gasteiger partial charge on any atom is 0.252 e. The molecule has 0 aromatic rings. The lowest BCUT2D eigenvalue weighted by Gasteiger charge is -2.37. The largest absolute Gasteiger partial charge is 0.353 e. The number of piperidine rings is 1. The molecule has 92 valence electrons. The molecule has 0 aromatic carbocycles. The molecule has 0 unspecified atom stereocenters. The molecule has 3 nitrogen and oxygen atoms in total. The van der Waals surface area contributed by atoms with Crippen molar-refractivity contribution >= 4 is 18.7 Å². The maximum atomic E-state index is 12.6. The Hall–Kier alpha value is -0.360. The third kappa shape index (κ3) is 2.85. The first kappa shape index (κ1) is 12.1. The van der Waals surface area contributed by atoms with E-state index in [1.807, 2.05) is 4.31 Å². The number of rotatable bonds is 2. The average Bonchev–Trinajstić information content (AvgIpc) is 2.15. The normalized spacial score (nSPS) is 27.4. The van der Waals surface area contributed by atoms with E-state index in [0.29, 0.717) is 0 Å². The van der Waals surface area contributed by atoms with Crippen LogP contribution in [0, 0.1) is 5.92 Å². The molecular weight excluding hydrogens is 234 g/mol. The Balaban J connectivity index is 1.72. The van der Waals surface area contributed by atoms with Gasteiger partial charge in [0.2, 0.25) is 5.91 Å². The van der Waals surface area contributed by atoms with Crippen molar-refractivity contribution in [1.82, 2.24) is 9.62 Å². The second kappa shape index (κ2) is 4.49. The highest BCUT2D eigenvalue weighted by atomic mass is 32.1. The van der Waals surface area contributed by atoms with Crippen molar-refractivity contribution in [2.75, 3.05) is 13.1 Å². The smallest absolute Gasteiger partial charge is 0.252 e. The molecule has 1 aliphatic carbocycles. The Bertz CT molecular complexity index is 272. The second-order valence-electron chi connectivity index (χ2n) is 4.70. The number of hydrogen-bond acceptors (Lipinski definition) is 3. The zero-order chi connectivity index (χ0) is 11.8. The average molecular weight is 250 g/mol. The molecule has 0 spiro atoms. The summed E-state index contributed by atoms with van der Waals surface area (Å²) in [6, 6.07) is -0.323. The van der Waals surface area contributed by atoms with E-state index in [1.165, 1.54) is 0 Å². The molecule has 1 saturated carbocycles. The fourth-order valence-electron chi connectivity index (χ4n) is 2.21. The fourth-order valence-corrected chi connectivity index (χ4v) is 2.44. The summed E-state index contributed by atoms with van der Waals surface area (Å²) in [6.45, 7) is 1.56. The van der Waals surface area contributed by atoms with Crippen molar-refractivity contribution in [3.05, 3.63) is 0 Å². The van der Waals surface area contributed by atoms with Crippen LogP contribution >= 0.6 is 12.8 Å². The van der Waals surface area contributed by atoms with E-state index in [9.17, 15) is 13.6 Å². The van der Waals surface area contributed by atoms with E-state index in [2.05, 4.69) is 18.1 Å². The Morgan fingerprint density at radius 1 is 1.31 bits per heavy atom. The molecule has 1 aliphatic heterocycles. The van der Waals surface area contributed by atoms with Crippen LogP contribution in [0.1, 0.15) is 25.7 Å². The lowest BCUT2D eigenvalue weighted by atomic mass is 9.87. The number of halogens is 2. The van der Waals surface area contributed by atoms with Crippen LogP contribution in [-0.2, 0) is 4.79 Å². The van der Waals surface area contributed by atoms with Crippen LogP contribution in [0.15, 0.2) is 0 Å². The zero-order valence-electron chi connectivity index (χ0n) is 8.96. The van der Waals surface area contributed by atoms with Gasteiger partial charge in [-0.3, -0.25) is 9.10 Å². The Kier molecular flexibility index (Phi) is 3.39. The van der Waals surface area contributed by atoms with Gasteiger partial charge in [0.25, 0.3) is 5.92 Å². The number of nitrogens with zero attached hydrogens (tertiary/aromatic N) is 1. The minimum Gasteiger partial charge on any atom is -0.353 e. The molecule has 2 fully saturated rings. The standard InChI is InChI=1S/C10H16F2N2OS/c11-10(12)5-8(6-10)13-9(15)7-1-3-14(16)4-2-7/h7-8,16H,1-6H2,(H,13,15). The highest BCUT2D eigenvalue weighted by molar-refractivity contribution is 7.77. The van der Waals surface area contributed by atoms with Crippen LogP contribution in [0.4, 0.5) is 8.78 Å². The van der Waals surface area contributed by atoms with Gasteiger partial charge in [0, 0.05) is 37.9 Å². The minimum atomic E-state index is -2.56. The van der Waals surface area contributed by atoms with Crippen molar-refractivity contribution in [2.45, 2.75) is 37.6 Å². The molecule has 1 amide bonds. The molecule has 0 aromatic heterocycles. The highest BCUT2D eigenvalue weighted by Gasteiger charge is 2.46. The summed E-state index contributed by atoms with van der Waals surface area (Å²) in [7, 11) is 0. The number of amides is 1. The topological polar surface area (TPSA) is 32.3 Å². The van der Waals surface area contributed by atoms with Crippen molar-refractivity contribution < 1.29 is 13.6 Å². The van der Waals surface area contributed by atoms with Crippen LogP contribution in [0.5, 0.6) is 0 Å². The van der Waals surface area contributed by atoms with Crippen molar-refractivity contribution in [3.8, 4) is 0 Å². The number of hydrogen-bond donors (Lipinski definition) is 2. The lowest BCUT2D eigenvalue weighted by molar-refractivity contribution is -0.133. The first-order valence-corrected chi connectivity index (χ1v) is 5.98. The Morgan fingerprint density at radius 2 is 1.88 bits per heavy atom. The SMILES string of the molecule is O=C(NC1CC(F)(F)C1)C1CCN(S)CC1. The summed E-state index contributed by atoms with van der Waals surface area (Å²) >= 11 is 4.19. The van der Waals surface area contributed by atoms with Gasteiger partial charge in [-0.15, -0.1) is 0 Å². The van der Waals surface area contributed by atoms with E-state index >= 15 is 0 Å². The molecular formula is C10H16F2N2OS. The molecule has 2 aliphatic rings. The van der Waals surface area contributed by atoms with Crippen LogP contribution in [0.2, 0.25) is 0 Å². The summed E-state index contributed by atoms with van der Waals surface area (Å²) in [6.07, 6.45) is 1.12. The number of carbonyl (C=O) groups excluding carboxylic acids is 1. The van der Waals surface area contributed by atoms with Crippen molar-refractivity contribution in [2.24, 2.45) is 5.92 Å². The predicted molar refractivity (Wildman–Crippen MR) is 59.4 cm³/mol. The maximum absolute atomic E-state index is 12.6. The molecule has 6 heteroatoms. The third-order valence-corrected chi connectivity index (χ3v) is 3.68. The van der Waals surface area contributed by atoms with Crippen LogP contribution in [-0.4, -0.2) is 35.3 Å². The number of nitrogens with one attached hydrogen (secondary N) is 1. The quantitative estimate of drug-likeness (QED) is 0.727. The van der Waals surface area contributed by atoms with Gasteiger partial charge in [-0.2, -0.15) is 0 Å². The van der Waals surface area contributed by atoms with Gasteiger partial charge in [0.1, 0.15) is 0 Å². The number of thiol groups is 1. The molecule has 2 rings (SSSR count). The van der Waals surface area contributed by atoms with E-state index in [0.717, 1.165) is 25.9 Å². The molecule has 1 saturated heterocycles. The van der Waals surface area contributed by atoms with E-state index < -0.39 is 5.92 Å². The second-order valence-corrected chi connectivity index (χ2v) is 5.26. The number of carbonyl (C=O) groups is 1. The van der Waals surface area contributed by atoms with E-state index in [1.54, 1.807) is 0 Å². The summed E-state index contributed by atoms with van der Waals surface area (Å²) in [5.74, 6) is -2.66. The molecule has 1 N–H and O–H groups in total. The molecule has 0 radical (unpaired) electrons. The zero-order valence-corrected chi connectivity index (χ0v) is 9.85. The first-order chi connectivity index (χ1) is 7.46. The Labute approximate surface area is 99.1 Å². The van der Waals surface area contributed by atoms with Crippen molar-refractivity contribution in [1.29, 1.82) is 0 Å². The summed E-state index contributed by atoms with van der Waals surface area (Å²) in [5, 5.41) is 2.69. The molecule has 0 bridgehead atoms. The van der Waals surface area contributed by atoms with Gasteiger partial charge in [0.15, 0.2) is 0 Å². The van der Waals surface area contributed by atoms with E-state index in [4.69, 9.17) is 0 Å². The third-order valence-electron chi connectivity index (χ3n) is 3.28. The fraction of sp³-hybridized carbons (Fsp3) is 0.900. The van der Waals surface area contributed by atoms with Gasteiger partial charge < -0.3 is 5.32 Å². The van der Waals surface area contributed by atoms with Gasteiger partial charge in [-0.25, -0.2) is 8.78 Å². The monoisotopic (exact) mass is 250 g/mol. The first-order valence-electron chi connectivity index (χ1n) is 5.58. The van der Waals surface area contributed by atoms with E-state index in [-0.39, 0.29) is 30.7 Å². The highest BCUT2D eigenvalue weighted by Crippen LogP contribution is 2.37. The predicted octanol–water partition coefficient (Wildman–Crippen LogP) is 1.46. The summed E-state index contributed by atoms with van der Waals surface area (Å²) in [5.41, 5.74) is 0. The molecule has 16 heavy (non-hydrogen) atoms. The number of alkyl halides is 2. The Morgan fingerprint density at radius 3 is 2.38 bits per heavy atom. The van der Waals surface area contributed by atoms with Crippen molar-refractivity contribution in [3.63, 3.8) is 0 Å². The molecule has 0 atom stereocenters. The van der Waals surface area contributed by atoms with Crippen LogP contribution < -0.4 is 5.32 Å².